The second-order valence-electron chi connectivity index (χ2n) is 5.18. The molecule has 0 saturated heterocycles. The first-order valence-electron chi connectivity index (χ1n) is 7.11. The molecular weight excluding hydrogens is 374 g/mol. The Bertz CT molecular complexity index is 876. The third-order valence-corrected chi connectivity index (χ3v) is 3.81. The van der Waals surface area contributed by atoms with E-state index >= 15 is 0 Å². The van der Waals surface area contributed by atoms with Gasteiger partial charge in [-0.25, -0.2) is 9.97 Å². The van der Waals surface area contributed by atoms with Gasteiger partial charge in [0, 0.05) is 22.9 Å². The van der Waals surface area contributed by atoms with E-state index in [0.717, 1.165) is 15.7 Å². The van der Waals surface area contributed by atoms with Crippen molar-refractivity contribution in [3.63, 3.8) is 0 Å². The van der Waals surface area contributed by atoms with Gasteiger partial charge in [0.05, 0.1) is 11.3 Å². The highest BCUT2D eigenvalue weighted by molar-refractivity contribution is 9.10. The zero-order valence-corrected chi connectivity index (χ0v) is 14.6. The molecule has 3 rings (SSSR count). The Morgan fingerprint density at radius 2 is 1.92 bits per heavy atom. The van der Waals surface area contributed by atoms with Crippen molar-refractivity contribution < 1.29 is 9.32 Å². The predicted molar refractivity (Wildman–Crippen MR) is 93.4 cm³/mol. The van der Waals surface area contributed by atoms with Gasteiger partial charge in [-0.15, -0.1) is 0 Å². The van der Waals surface area contributed by atoms with E-state index in [9.17, 15) is 4.79 Å². The van der Waals surface area contributed by atoms with Crippen LogP contribution in [0, 0.1) is 13.8 Å². The first-order valence-corrected chi connectivity index (χ1v) is 7.90. The molecule has 1 amide bonds. The number of rotatable bonds is 4. The first-order chi connectivity index (χ1) is 11.5. The summed E-state index contributed by atoms with van der Waals surface area (Å²) in [7, 11) is 0. The molecule has 0 aliphatic rings. The second-order valence-corrected chi connectivity index (χ2v) is 6.03. The van der Waals surface area contributed by atoms with E-state index in [1.165, 1.54) is 12.4 Å². The Morgan fingerprint density at radius 3 is 2.54 bits per heavy atom. The summed E-state index contributed by atoms with van der Waals surface area (Å²) in [6.45, 7) is 3.75. The molecule has 122 valence electrons. The maximum absolute atomic E-state index is 12.1. The van der Waals surface area contributed by atoms with Crippen LogP contribution in [0.1, 0.15) is 21.7 Å². The number of amides is 1. The van der Waals surface area contributed by atoms with Gasteiger partial charge in [-0.3, -0.25) is 4.79 Å². The number of nitrogens with one attached hydrogen (secondary N) is 2. The van der Waals surface area contributed by atoms with Crippen LogP contribution < -0.4 is 10.6 Å². The quantitative estimate of drug-likeness (QED) is 0.706. The van der Waals surface area contributed by atoms with Crippen molar-refractivity contribution in [1.29, 1.82) is 0 Å². The lowest BCUT2D eigenvalue weighted by Crippen LogP contribution is -2.13. The van der Waals surface area contributed by atoms with E-state index in [1.807, 2.05) is 25.1 Å². The van der Waals surface area contributed by atoms with Crippen LogP contribution in [0.5, 0.6) is 0 Å². The molecule has 0 bridgehead atoms. The van der Waals surface area contributed by atoms with Gasteiger partial charge in [-0.05, 0) is 47.5 Å². The van der Waals surface area contributed by atoms with Gasteiger partial charge in [-0.1, -0.05) is 11.2 Å². The maximum Gasteiger partial charge on any atom is 0.260 e. The summed E-state index contributed by atoms with van der Waals surface area (Å²) in [6, 6.07) is 7.53. The summed E-state index contributed by atoms with van der Waals surface area (Å²) in [4.78, 5) is 20.4. The Labute approximate surface area is 146 Å². The number of aryl methyl sites for hydroxylation is 2. The van der Waals surface area contributed by atoms with E-state index in [0.29, 0.717) is 23.1 Å². The number of hydrogen-bond donors (Lipinski definition) is 2. The molecule has 1 aromatic carbocycles. The number of halogens is 1. The van der Waals surface area contributed by atoms with E-state index in [2.05, 4.69) is 41.7 Å². The van der Waals surface area contributed by atoms with E-state index in [1.54, 1.807) is 13.0 Å². The molecule has 7 nitrogen and oxygen atoms in total. The fourth-order valence-corrected chi connectivity index (χ4v) is 2.56. The van der Waals surface area contributed by atoms with Crippen LogP contribution in [0.25, 0.3) is 0 Å². The molecule has 0 aliphatic carbocycles. The minimum atomic E-state index is -0.355. The molecule has 0 fully saturated rings. The number of carbonyl (C=O) groups is 1. The molecule has 8 heteroatoms. The Hall–Kier alpha value is -2.74. The highest BCUT2D eigenvalue weighted by Gasteiger charge is 2.10. The zero-order chi connectivity index (χ0) is 17.1. The summed E-state index contributed by atoms with van der Waals surface area (Å²) in [5, 5.41) is 9.41. The van der Waals surface area contributed by atoms with Crippen molar-refractivity contribution in [3.05, 3.63) is 58.0 Å². The standard InChI is InChI=1S/C16H14BrN5O2/c1-9-3-4-13(12(17)5-9)20-16-18-7-11(8-19-16)15(23)21-14-6-10(2)24-22-14/h3-8H,1-2H3,(H,18,19,20)(H,21,22,23). The van der Waals surface area contributed by atoms with Gasteiger partial charge in [0.15, 0.2) is 5.82 Å². The third-order valence-electron chi connectivity index (χ3n) is 3.15. The Balaban J connectivity index is 1.69. The smallest absolute Gasteiger partial charge is 0.260 e. The Kier molecular flexibility index (Phi) is 4.57. The Morgan fingerprint density at radius 1 is 1.17 bits per heavy atom. The normalized spacial score (nSPS) is 10.5. The molecule has 0 unspecified atom stereocenters. The highest BCUT2D eigenvalue weighted by Crippen LogP contribution is 2.25. The van der Waals surface area contributed by atoms with Crippen LogP contribution in [-0.4, -0.2) is 21.0 Å². The summed E-state index contributed by atoms with van der Waals surface area (Å²) < 4.78 is 5.81. The number of carbonyl (C=O) groups excluding carboxylic acids is 1. The van der Waals surface area contributed by atoms with Gasteiger partial charge in [0.25, 0.3) is 5.91 Å². The van der Waals surface area contributed by atoms with Crippen molar-refractivity contribution in [2.75, 3.05) is 10.6 Å². The van der Waals surface area contributed by atoms with E-state index in [4.69, 9.17) is 4.52 Å². The average molecular weight is 388 g/mol. The van der Waals surface area contributed by atoms with Crippen molar-refractivity contribution in [2.45, 2.75) is 13.8 Å². The predicted octanol–water partition coefficient (Wildman–Crippen LogP) is 3.84. The number of nitrogens with zero attached hydrogens (tertiary/aromatic N) is 3. The lowest BCUT2D eigenvalue weighted by molar-refractivity contribution is 0.102. The molecule has 0 spiro atoms. The number of aromatic nitrogens is 3. The summed E-state index contributed by atoms with van der Waals surface area (Å²) in [5.41, 5.74) is 2.31. The van der Waals surface area contributed by atoms with E-state index < -0.39 is 0 Å². The lowest BCUT2D eigenvalue weighted by atomic mass is 10.2. The first kappa shape index (κ1) is 16.1. The molecule has 0 saturated carbocycles. The molecule has 2 N–H and O–H groups in total. The molecular formula is C16H14BrN5O2. The van der Waals surface area contributed by atoms with Crippen molar-refractivity contribution in [2.24, 2.45) is 0 Å². The largest absolute Gasteiger partial charge is 0.360 e. The topological polar surface area (TPSA) is 92.9 Å². The van der Waals surface area contributed by atoms with Gasteiger partial charge in [-0.2, -0.15) is 0 Å². The third kappa shape index (κ3) is 3.77. The highest BCUT2D eigenvalue weighted by atomic mass is 79.9. The SMILES string of the molecule is Cc1ccc(Nc2ncc(C(=O)Nc3cc(C)on3)cn2)c(Br)c1. The van der Waals surface area contributed by atoms with Crippen LogP contribution in [0.3, 0.4) is 0 Å². The van der Waals surface area contributed by atoms with Gasteiger partial charge in [0.1, 0.15) is 5.76 Å². The monoisotopic (exact) mass is 387 g/mol. The number of benzene rings is 1. The molecule has 24 heavy (non-hydrogen) atoms. The van der Waals surface area contributed by atoms with Crippen LogP contribution >= 0.6 is 15.9 Å². The van der Waals surface area contributed by atoms with Crippen LogP contribution in [-0.2, 0) is 0 Å². The van der Waals surface area contributed by atoms with Gasteiger partial charge in [0.2, 0.25) is 5.95 Å². The van der Waals surface area contributed by atoms with Crippen molar-refractivity contribution in [3.8, 4) is 0 Å². The van der Waals surface area contributed by atoms with Crippen LogP contribution in [0.15, 0.2) is 45.7 Å². The summed E-state index contributed by atoms with van der Waals surface area (Å²) >= 11 is 3.48. The molecule has 0 atom stereocenters. The minimum absolute atomic E-state index is 0.323. The second kappa shape index (κ2) is 6.79. The molecule has 2 heterocycles. The fourth-order valence-electron chi connectivity index (χ4n) is 1.97. The summed E-state index contributed by atoms with van der Waals surface area (Å²) in [6.07, 6.45) is 2.89. The average Bonchev–Trinajstić information content (AvgIpc) is 2.96. The fraction of sp³-hybridized carbons (Fsp3) is 0.125. The molecule has 2 aromatic heterocycles. The van der Waals surface area contributed by atoms with Crippen LogP contribution in [0.2, 0.25) is 0 Å². The number of anilines is 3. The van der Waals surface area contributed by atoms with Crippen molar-refractivity contribution >= 4 is 39.3 Å². The molecule has 3 aromatic rings. The maximum atomic E-state index is 12.1. The summed E-state index contributed by atoms with van der Waals surface area (Å²) in [5.74, 6) is 1.01. The lowest BCUT2D eigenvalue weighted by Gasteiger charge is -2.08. The zero-order valence-electron chi connectivity index (χ0n) is 13.0. The number of hydrogen-bond acceptors (Lipinski definition) is 6. The molecule has 0 radical (unpaired) electrons. The molecule has 0 aliphatic heterocycles. The van der Waals surface area contributed by atoms with Gasteiger partial charge < -0.3 is 15.2 Å². The minimum Gasteiger partial charge on any atom is -0.360 e. The van der Waals surface area contributed by atoms with Crippen molar-refractivity contribution in [1.82, 2.24) is 15.1 Å². The van der Waals surface area contributed by atoms with E-state index in [-0.39, 0.29) is 5.91 Å². The van der Waals surface area contributed by atoms with Gasteiger partial charge >= 0.3 is 0 Å². The van der Waals surface area contributed by atoms with Crippen LogP contribution in [0.4, 0.5) is 17.5 Å².